The van der Waals surface area contributed by atoms with Crippen LogP contribution in [0.2, 0.25) is 0 Å². The molecule has 3 rings (SSSR count). The number of nitrogens with zero attached hydrogens (tertiary/aromatic N) is 3. The first-order valence-corrected chi connectivity index (χ1v) is 8.22. The number of carbonyl (C=O) groups is 1. The molecule has 0 atom stereocenters. The van der Waals surface area contributed by atoms with Crippen molar-refractivity contribution >= 4 is 11.6 Å². The van der Waals surface area contributed by atoms with Crippen LogP contribution in [0.4, 0.5) is 8.78 Å². The third-order valence-electron chi connectivity index (χ3n) is 3.80. The summed E-state index contributed by atoms with van der Waals surface area (Å²) in [6, 6.07) is 8.70. The van der Waals surface area contributed by atoms with Gasteiger partial charge in [-0.25, -0.2) is 18.3 Å². The van der Waals surface area contributed by atoms with Gasteiger partial charge in [0.05, 0.1) is 11.9 Å². The summed E-state index contributed by atoms with van der Waals surface area (Å²) in [6.45, 7) is 7.46. The Hall–Kier alpha value is -2.83. The maximum atomic E-state index is 13.5. The molecule has 5 nitrogen and oxygen atoms in total. The average molecular weight is 358 g/mol. The van der Waals surface area contributed by atoms with Gasteiger partial charge in [0.15, 0.2) is 5.65 Å². The number of amides is 1. The number of nitrogens with one attached hydrogen (secondary N) is 1. The molecule has 0 spiro atoms. The highest BCUT2D eigenvalue weighted by Gasteiger charge is 2.23. The van der Waals surface area contributed by atoms with Crippen molar-refractivity contribution < 1.29 is 13.6 Å². The lowest BCUT2D eigenvalue weighted by atomic mass is 10.1. The van der Waals surface area contributed by atoms with Gasteiger partial charge in [-0.05, 0) is 33.8 Å². The molecule has 0 aliphatic heterocycles. The fraction of sp³-hybridized carbons (Fsp3) is 0.316. The molecule has 3 aromatic rings. The minimum absolute atomic E-state index is 0.111. The lowest BCUT2D eigenvalue weighted by Crippen LogP contribution is -2.40. The molecule has 2 aromatic heterocycles. The first kappa shape index (κ1) is 18.0. The predicted molar refractivity (Wildman–Crippen MR) is 95.3 cm³/mol. The van der Waals surface area contributed by atoms with Crippen molar-refractivity contribution in [2.75, 3.05) is 0 Å². The van der Waals surface area contributed by atoms with Gasteiger partial charge < -0.3 is 5.32 Å². The zero-order valence-electron chi connectivity index (χ0n) is 15.0. The Morgan fingerprint density at radius 1 is 1.19 bits per heavy atom. The van der Waals surface area contributed by atoms with Crippen molar-refractivity contribution in [3.8, 4) is 11.3 Å². The van der Waals surface area contributed by atoms with Gasteiger partial charge >= 0.3 is 0 Å². The van der Waals surface area contributed by atoms with E-state index in [1.54, 1.807) is 0 Å². The van der Waals surface area contributed by atoms with Crippen LogP contribution in [0.5, 0.6) is 0 Å². The van der Waals surface area contributed by atoms with Crippen molar-refractivity contribution in [2.24, 2.45) is 0 Å². The molecule has 0 bridgehead atoms. The number of alkyl halides is 2. The van der Waals surface area contributed by atoms with Gasteiger partial charge in [-0.1, -0.05) is 29.8 Å². The Bertz CT molecular complexity index is 956. The van der Waals surface area contributed by atoms with E-state index < -0.39 is 17.9 Å². The summed E-state index contributed by atoms with van der Waals surface area (Å²) >= 11 is 0. The van der Waals surface area contributed by atoms with Crippen molar-refractivity contribution in [1.82, 2.24) is 19.9 Å². The maximum absolute atomic E-state index is 13.5. The van der Waals surface area contributed by atoms with E-state index in [-0.39, 0.29) is 16.9 Å². The molecule has 1 aromatic carbocycles. The smallest absolute Gasteiger partial charge is 0.280 e. The number of benzene rings is 1. The normalized spacial score (nSPS) is 12.0. The van der Waals surface area contributed by atoms with Crippen LogP contribution in [0.1, 0.15) is 48.8 Å². The van der Waals surface area contributed by atoms with Crippen LogP contribution in [-0.2, 0) is 0 Å². The highest BCUT2D eigenvalue weighted by Crippen LogP contribution is 2.27. The number of aryl methyl sites for hydroxylation is 1. The molecule has 0 fully saturated rings. The number of fused-ring (bicyclic) bond motifs is 1. The van der Waals surface area contributed by atoms with E-state index in [1.807, 2.05) is 52.0 Å². The second kappa shape index (κ2) is 6.48. The van der Waals surface area contributed by atoms with Crippen LogP contribution < -0.4 is 5.32 Å². The number of hydrogen-bond donors (Lipinski definition) is 1. The SMILES string of the molecule is Cc1ccc(-c2cc(C(F)F)n3ncc(C(=O)NC(C)(C)C)c3n2)cc1. The monoisotopic (exact) mass is 358 g/mol. The van der Waals surface area contributed by atoms with E-state index in [9.17, 15) is 13.6 Å². The van der Waals surface area contributed by atoms with Gasteiger partial charge in [0.2, 0.25) is 0 Å². The third kappa shape index (κ3) is 3.56. The van der Waals surface area contributed by atoms with Crippen LogP contribution in [-0.4, -0.2) is 26.0 Å². The number of carbonyl (C=O) groups excluding carboxylic acids is 1. The Balaban J connectivity index is 2.18. The standard InChI is InChI=1S/C19H20F2N4O/c1-11-5-7-12(8-6-11)14-9-15(16(20)21)25-17(23-14)13(10-22-25)18(26)24-19(2,3)4/h5-10,16H,1-4H3,(H,24,26). The van der Waals surface area contributed by atoms with Gasteiger partial charge in [-0.15, -0.1) is 0 Å². The maximum Gasteiger partial charge on any atom is 0.280 e. The molecule has 0 aliphatic carbocycles. The molecule has 7 heteroatoms. The molecule has 136 valence electrons. The van der Waals surface area contributed by atoms with Crippen molar-refractivity contribution in [3.63, 3.8) is 0 Å². The summed E-state index contributed by atoms with van der Waals surface area (Å²) in [7, 11) is 0. The fourth-order valence-corrected chi connectivity index (χ4v) is 2.58. The molecule has 0 unspecified atom stereocenters. The first-order chi connectivity index (χ1) is 12.2. The van der Waals surface area contributed by atoms with E-state index in [4.69, 9.17) is 0 Å². The summed E-state index contributed by atoms with van der Waals surface area (Å²) in [4.78, 5) is 17.0. The molecule has 26 heavy (non-hydrogen) atoms. The Morgan fingerprint density at radius 2 is 1.85 bits per heavy atom. The van der Waals surface area contributed by atoms with Crippen LogP contribution in [0.15, 0.2) is 36.5 Å². The summed E-state index contributed by atoms with van der Waals surface area (Å²) in [5, 5.41) is 6.76. The van der Waals surface area contributed by atoms with E-state index in [2.05, 4.69) is 15.4 Å². The summed E-state index contributed by atoms with van der Waals surface area (Å²) in [5.41, 5.74) is 1.63. The van der Waals surface area contributed by atoms with Crippen LogP contribution in [0.3, 0.4) is 0 Å². The topological polar surface area (TPSA) is 59.3 Å². The van der Waals surface area contributed by atoms with Gasteiger partial charge in [0.25, 0.3) is 12.3 Å². The quantitative estimate of drug-likeness (QED) is 0.764. The van der Waals surface area contributed by atoms with Gasteiger partial charge in [-0.3, -0.25) is 4.79 Å². The van der Waals surface area contributed by atoms with Crippen LogP contribution in [0.25, 0.3) is 16.9 Å². The third-order valence-corrected chi connectivity index (χ3v) is 3.80. The molecular weight excluding hydrogens is 338 g/mol. The molecule has 0 saturated carbocycles. The zero-order chi connectivity index (χ0) is 19.1. The van der Waals surface area contributed by atoms with E-state index in [0.29, 0.717) is 11.3 Å². The second-order valence-electron chi connectivity index (χ2n) is 7.23. The van der Waals surface area contributed by atoms with Crippen molar-refractivity contribution in [2.45, 2.75) is 39.7 Å². The number of halogens is 2. The number of aromatic nitrogens is 3. The van der Waals surface area contributed by atoms with Crippen LogP contribution >= 0.6 is 0 Å². The van der Waals surface area contributed by atoms with Gasteiger partial charge in [-0.2, -0.15) is 5.10 Å². The average Bonchev–Trinajstić information content (AvgIpc) is 2.96. The Kier molecular flexibility index (Phi) is 4.48. The zero-order valence-corrected chi connectivity index (χ0v) is 15.0. The molecular formula is C19H20F2N4O. The largest absolute Gasteiger partial charge is 0.347 e. The van der Waals surface area contributed by atoms with Crippen molar-refractivity contribution in [3.05, 3.63) is 53.3 Å². The second-order valence-corrected chi connectivity index (χ2v) is 7.23. The fourth-order valence-electron chi connectivity index (χ4n) is 2.58. The van der Waals surface area contributed by atoms with Crippen molar-refractivity contribution in [1.29, 1.82) is 0 Å². The molecule has 2 heterocycles. The van der Waals surface area contributed by atoms with Gasteiger partial charge in [0.1, 0.15) is 11.3 Å². The molecule has 1 N–H and O–H groups in total. The van der Waals surface area contributed by atoms with E-state index in [1.165, 1.54) is 12.3 Å². The Morgan fingerprint density at radius 3 is 2.42 bits per heavy atom. The highest BCUT2D eigenvalue weighted by atomic mass is 19.3. The summed E-state index contributed by atoms with van der Waals surface area (Å²) in [6.07, 6.45) is -1.48. The lowest BCUT2D eigenvalue weighted by Gasteiger charge is -2.20. The van der Waals surface area contributed by atoms with Gasteiger partial charge in [0, 0.05) is 11.1 Å². The predicted octanol–water partition coefficient (Wildman–Crippen LogP) is 4.17. The summed E-state index contributed by atoms with van der Waals surface area (Å²) in [5.74, 6) is -0.402. The number of rotatable bonds is 3. The molecule has 0 saturated heterocycles. The molecule has 0 radical (unpaired) electrons. The lowest BCUT2D eigenvalue weighted by molar-refractivity contribution is 0.0921. The minimum Gasteiger partial charge on any atom is -0.347 e. The minimum atomic E-state index is -2.75. The van der Waals surface area contributed by atoms with E-state index in [0.717, 1.165) is 10.1 Å². The van der Waals surface area contributed by atoms with E-state index >= 15 is 0 Å². The first-order valence-electron chi connectivity index (χ1n) is 8.22. The van der Waals surface area contributed by atoms with Crippen LogP contribution in [0, 0.1) is 6.92 Å². The summed E-state index contributed by atoms with van der Waals surface area (Å²) < 4.78 is 28.1. The molecule has 0 aliphatic rings. The molecule has 1 amide bonds. The Labute approximate surface area is 150 Å². The highest BCUT2D eigenvalue weighted by molar-refractivity contribution is 6.00. The number of hydrogen-bond acceptors (Lipinski definition) is 3.